The molecule has 1 atom stereocenters. The van der Waals surface area contributed by atoms with Gasteiger partial charge in [0.2, 0.25) is 0 Å². The lowest BCUT2D eigenvalue weighted by Crippen LogP contribution is -2.08. The van der Waals surface area contributed by atoms with E-state index in [9.17, 15) is 0 Å². The predicted molar refractivity (Wildman–Crippen MR) is 62.0 cm³/mol. The minimum Gasteiger partial charge on any atom is -0.381 e. The summed E-state index contributed by atoms with van der Waals surface area (Å²) < 4.78 is 5.34. The summed E-state index contributed by atoms with van der Waals surface area (Å²) in [6.45, 7) is 3.79. The third-order valence-electron chi connectivity index (χ3n) is 2.75. The largest absolute Gasteiger partial charge is 0.381 e. The van der Waals surface area contributed by atoms with Crippen molar-refractivity contribution in [1.82, 2.24) is 9.97 Å². The number of ether oxygens (including phenoxy) is 1. The first kappa shape index (κ1) is 11.0. The molecule has 1 fully saturated rings. The summed E-state index contributed by atoms with van der Waals surface area (Å²) in [6.07, 6.45) is 4.00. The first-order chi connectivity index (χ1) is 7.29. The average molecular weight is 271 g/mol. The Hall–Kier alpha value is -0.480. The predicted octanol–water partition coefficient (Wildman–Crippen LogP) is 2.26. The summed E-state index contributed by atoms with van der Waals surface area (Å²) in [5.74, 6) is 1.56. The second-order valence-corrected chi connectivity index (χ2v) is 4.54. The lowest BCUT2D eigenvalue weighted by molar-refractivity contribution is 0.185. The number of hydrogen-bond donors (Lipinski definition) is 0. The number of rotatable bonds is 3. The number of aromatic nitrogens is 2. The van der Waals surface area contributed by atoms with Crippen LogP contribution in [-0.4, -0.2) is 23.2 Å². The van der Waals surface area contributed by atoms with E-state index in [0.29, 0.717) is 5.92 Å². The molecule has 15 heavy (non-hydrogen) atoms. The van der Waals surface area contributed by atoms with Gasteiger partial charge in [0, 0.05) is 31.2 Å². The topological polar surface area (TPSA) is 35.0 Å². The average Bonchev–Trinajstić information content (AvgIpc) is 2.73. The van der Waals surface area contributed by atoms with Crippen LogP contribution in [0.25, 0.3) is 0 Å². The van der Waals surface area contributed by atoms with Crippen LogP contribution in [0.4, 0.5) is 0 Å². The lowest BCUT2D eigenvalue weighted by atomic mass is 10.0. The molecule has 1 aliphatic heterocycles. The molecule has 4 heteroatoms. The van der Waals surface area contributed by atoms with Crippen molar-refractivity contribution in [3.63, 3.8) is 0 Å². The summed E-state index contributed by atoms with van der Waals surface area (Å²) in [4.78, 5) is 8.90. The van der Waals surface area contributed by atoms with Crippen molar-refractivity contribution in [3.05, 3.63) is 23.3 Å². The van der Waals surface area contributed by atoms with Crippen molar-refractivity contribution in [2.75, 3.05) is 13.2 Å². The summed E-state index contributed by atoms with van der Waals surface area (Å²) in [5, 5.41) is 0.801. The maximum Gasteiger partial charge on any atom is 0.128 e. The maximum atomic E-state index is 5.34. The van der Waals surface area contributed by atoms with Crippen molar-refractivity contribution >= 4 is 15.9 Å². The summed E-state index contributed by atoms with van der Waals surface area (Å²) in [5.41, 5.74) is 2.25. The normalized spacial score (nSPS) is 20.8. The molecule has 0 N–H and O–H groups in total. The molecule has 1 aliphatic rings. The van der Waals surface area contributed by atoms with Crippen LogP contribution in [0.1, 0.15) is 23.5 Å². The number of halogens is 1. The van der Waals surface area contributed by atoms with Crippen molar-refractivity contribution in [3.8, 4) is 0 Å². The number of alkyl halides is 1. The molecule has 3 nitrogen and oxygen atoms in total. The molecule has 0 bridgehead atoms. The van der Waals surface area contributed by atoms with E-state index in [4.69, 9.17) is 4.74 Å². The number of aryl methyl sites for hydroxylation is 1. The van der Waals surface area contributed by atoms with E-state index in [1.54, 1.807) is 0 Å². The second kappa shape index (κ2) is 5.03. The summed E-state index contributed by atoms with van der Waals surface area (Å²) in [6, 6.07) is 0. The van der Waals surface area contributed by atoms with Crippen molar-refractivity contribution in [2.24, 2.45) is 5.92 Å². The van der Waals surface area contributed by atoms with Gasteiger partial charge >= 0.3 is 0 Å². The van der Waals surface area contributed by atoms with Gasteiger partial charge in [-0.25, -0.2) is 9.97 Å². The van der Waals surface area contributed by atoms with Crippen LogP contribution in [0.15, 0.2) is 6.20 Å². The highest BCUT2D eigenvalue weighted by molar-refractivity contribution is 9.08. The molecule has 0 aliphatic carbocycles. The minimum atomic E-state index is 0.607. The summed E-state index contributed by atoms with van der Waals surface area (Å²) >= 11 is 3.44. The Labute approximate surface area is 98.4 Å². The van der Waals surface area contributed by atoms with Crippen LogP contribution >= 0.6 is 15.9 Å². The van der Waals surface area contributed by atoms with Gasteiger partial charge in [0.25, 0.3) is 0 Å². The second-order valence-electron chi connectivity index (χ2n) is 3.98. The van der Waals surface area contributed by atoms with Crippen LogP contribution in [-0.2, 0) is 16.5 Å². The zero-order valence-corrected chi connectivity index (χ0v) is 10.5. The Kier molecular flexibility index (Phi) is 3.70. The van der Waals surface area contributed by atoms with Crippen molar-refractivity contribution in [1.29, 1.82) is 0 Å². The van der Waals surface area contributed by atoms with Gasteiger partial charge < -0.3 is 4.74 Å². The highest BCUT2D eigenvalue weighted by Crippen LogP contribution is 2.17. The highest BCUT2D eigenvalue weighted by atomic mass is 79.9. The smallest absolute Gasteiger partial charge is 0.128 e. The van der Waals surface area contributed by atoms with Crippen LogP contribution in [0.5, 0.6) is 0 Å². The standard InChI is InChI=1S/C11H15BrN2O/c1-8-6-13-11(14-10(8)5-12)4-9-2-3-15-7-9/h6,9H,2-5,7H2,1H3. The van der Waals surface area contributed by atoms with Crippen molar-refractivity contribution < 1.29 is 4.74 Å². The molecule has 0 radical (unpaired) electrons. The molecular formula is C11H15BrN2O. The third kappa shape index (κ3) is 2.75. The molecule has 2 heterocycles. The highest BCUT2D eigenvalue weighted by Gasteiger charge is 2.17. The monoisotopic (exact) mass is 270 g/mol. The molecule has 82 valence electrons. The molecule has 0 aromatic carbocycles. The molecule has 1 saturated heterocycles. The van der Waals surface area contributed by atoms with E-state index in [0.717, 1.165) is 48.5 Å². The Bertz CT molecular complexity index is 337. The molecule has 1 aromatic heterocycles. The first-order valence-electron chi connectivity index (χ1n) is 5.24. The zero-order valence-electron chi connectivity index (χ0n) is 8.87. The fourth-order valence-corrected chi connectivity index (χ4v) is 2.32. The quantitative estimate of drug-likeness (QED) is 0.791. The number of hydrogen-bond acceptors (Lipinski definition) is 3. The van der Waals surface area contributed by atoms with Gasteiger partial charge in [-0.05, 0) is 24.8 Å². The number of nitrogens with zero attached hydrogens (tertiary/aromatic N) is 2. The molecule has 2 rings (SSSR count). The molecule has 1 aromatic rings. The lowest BCUT2D eigenvalue weighted by Gasteiger charge is -2.08. The van der Waals surface area contributed by atoms with E-state index >= 15 is 0 Å². The Balaban J connectivity index is 2.07. The van der Waals surface area contributed by atoms with E-state index in [-0.39, 0.29) is 0 Å². The summed E-state index contributed by atoms with van der Waals surface area (Å²) in [7, 11) is 0. The Morgan fingerprint density at radius 2 is 2.47 bits per heavy atom. The SMILES string of the molecule is Cc1cnc(CC2CCOC2)nc1CBr. The molecule has 1 unspecified atom stereocenters. The van der Waals surface area contributed by atoms with Gasteiger partial charge in [-0.3, -0.25) is 0 Å². The van der Waals surface area contributed by atoms with E-state index in [1.807, 2.05) is 13.1 Å². The van der Waals surface area contributed by atoms with Gasteiger partial charge in [-0.2, -0.15) is 0 Å². The van der Waals surface area contributed by atoms with Gasteiger partial charge in [0.05, 0.1) is 5.69 Å². The van der Waals surface area contributed by atoms with Gasteiger partial charge in [-0.15, -0.1) is 0 Å². The molecular weight excluding hydrogens is 256 g/mol. The Morgan fingerprint density at radius 3 is 3.13 bits per heavy atom. The van der Waals surface area contributed by atoms with Crippen LogP contribution in [0.3, 0.4) is 0 Å². The first-order valence-corrected chi connectivity index (χ1v) is 6.37. The van der Waals surface area contributed by atoms with Gasteiger partial charge in [0.1, 0.15) is 5.82 Å². The van der Waals surface area contributed by atoms with Gasteiger partial charge in [0.15, 0.2) is 0 Å². The molecule has 0 saturated carbocycles. The van der Waals surface area contributed by atoms with E-state index < -0.39 is 0 Å². The fourth-order valence-electron chi connectivity index (χ4n) is 1.75. The third-order valence-corrected chi connectivity index (χ3v) is 3.28. The molecule has 0 amide bonds. The van der Waals surface area contributed by atoms with Crippen LogP contribution < -0.4 is 0 Å². The van der Waals surface area contributed by atoms with E-state index in [1.165, 1.54) is 0 Å². The van der Waals surface area contributed by atoms with Crippen LogP contribution in [0, 0.1) is 12.8 Å². The minimum absolute atomic E-state index is 0.607. The van der Waals surface area contributed by atoms with Crippen LogP contribution in [0.2, 0.25) is 0 Å². The van der Waals surface area contributed by atoms with Crippen molar-refractivity contribution in [2.45, 2.75) is 25.1 Å². The van der Waals surface area contributed by atoms with Gasteiger partial charge in [-0.1, -0.05) is 15.9 Å². The zero-order chi connectivity index (χ0) is 10.7. The molecule has 0 spiro atoms. The fraction of sp³-hybridized carbons (Fsp3) is 0.636. The van der Waals surface area contributed by atoms with E-state index in [2.05, 4.69) is 25.9 Å². The Morgan fingerprint density at radius 1 is 1.60 bits per heavy atom. The maximum absolute atomic E-state index is 5.34.